The SMILES string of the molecule is Cc1ccc(-n2nc(-c3ccc(NS(=O)(=O)c4ccc(F)cc4)cc3)cc2N)cc1. The van der Waals surface area contributed by atoms with E-state index in [0.717, 1.165) is 28.9 Å². The normalized spacial score (nSPS) is 11.4. The zero-order valence-electron chi connectivity index (χ0n) is 16.1. The lowest BCUT2D eigenvalue weighted by Crippen LogP contribution is -2.12. The molecule has 0 aliphatic carbocycles. The van der Waals surface area contributed by atoms with Crippen LogP contribution in [0.2, 0.25) is 0 Å². The molecule has 6 nitrogen and oxygen atoms in total. The van der Waals surface area contributed by atoms with Gasteiger partial charge < -0.3 is 5.73 Å². The predicted octanol–water partition coefficient (Wildman–Crippen LogP) is 4.37. The van der Waals surface area contributed by atoms with E-state index in [4.69, 9.17) is 5.73 Å². The van der Waals surface area contributed by atoms with Gasteiger partial charge in [0.05, 0.1) is 16.3 Å². The van der Waals surface area contributed by atoms with Gasteiger partial charge in [-0.3, -0.25) is 4.72 Å². The molecule has 3 aromatic carbocycles. The van der Waals surface area contributed by atoms with Gasteiger partial charge in [-0.2, -0.15) is 5.10 Å². The molecule has 30 heavy (non-hydrogen) atoms. The van der Waals surface area contributed by atoms with E-state index in [-0.39, 0.29) is 4.90 Å². The van der Waals surface area contributed by atoms with E-state index in [1.807, 2.05) is 31.2 Å². The second kappa shape index (κ2) is 7.64. The summed E-state index contributed by atoms with van der Waals surface area (Å²) in [6.07, 6.45) is 0. The number of halogens is 1. The van der Waals surface area contributed by atoms with Crippen molar-refractivity contribution >= 4 is 21.5 Å². The smallest absolute Gasteiger partial charge is 0.261 e. The van der Waals surface area contributed by atoms with Crippen LogP contribution in [-0.2, 0) is 10.0 Å². The lowest BCUT2D eigenvalue weighted by molar-refractivity contribution is 0.599. The Balaban J connectivity index is 1.56. The van der Waals surface area contributed by atoms with Gasteiger partial charge in [0.2, 0.25) is 0 Å². The van der Waals surface area contributed by atoms with E-state index in [2.05, 4.69) is 9.82 Å². The molecule has 0 spiro atoms. The van der Waals surface area contributed by atoms with Gasteiger partial charge in [-0.1, -0.05) is 29.8 Å². The zero-order valence-corrected chi connectivity index (χ0v) is 16.9. The van der Waals surface area contributed by atoms with Crippen molar-refractivity contribution in [1.82, 2.24) is 9.78 Å². The summed E-state index contributed by atoms with van der Waals surface area (Å²) in [4.78, 5) is -0.0161. The minimum atomic E-state index is -3.81. The molecule has 0 amide bonds. The third kappa shape index (κ3) is 4.04. The fraction of sp³-hybridized carbons (Fsp3) is 0.0455. The van der Waals surface area contributed by atoms with E-state index in [0.29, 0.717) is 17.2 Å². The number of nitrogen functional groups attached to an aromatic ring is 1. The number of aromatic nitrogens is 2. The highest BCUT2D eigenvalue weighted by molar-refractivity contribution is 7.92. The average molecular weight is 422 g/mol. The second-order valence-electron chi connectivity index (χ2n) is 6.84. The van der Waals surface area contributed by atoms with Crippen LogP contribution in [0.15, 0.2) is 83.8 Å². The number of sulfonamides is 1. The molecule has 0 aliphatic rings. The molecule has 152 valence electrons. The molecule has 0 saturated heterocycles. The van der Waals surface area contributed by atoms with Gasteiger partial charge in [0.15, 0.2) is 0 Å². The number of nitrogens with one attached hydrogen (secondary N) is 1. The summed E-state index contributed by atoms with van der Waals surface area (Å²) < 4.78 is 42.0. The number of hydrogen-bond donors (Lipinski definition) is 2. The van der Waals surface area contributed by atoms with E-state index in [1.54, 1.807) is 35.0 Å². The molecule has 0 bridgehead atoms. The van der Waals surface area contributed by atoms with Crippen LogP contribution < -0.4 is 10.5 Å². The maximum Gasteiger partial charge on any atom is 0.261 e. The number of nitrogens with zero attached hydrogens (tertiary/aromatic N) is 2. The maximum absolute atomic E-state index is 13.0. The van der Waals surface area contributed by atoms with Crippen molar-refractivity contribution in [2.45, 2.75) is 11.8 Å². The molecule has 1 aromatic heterocycles. The van der Waals surface area contributed by atoms with Gasteiger partial charge in [-0.25, -0.2) is 17.5 Å². The van der Waals surface area contributed by atoms with E-state index < -0.39 is 15.8 Å². The number of anilines is 2. The predicted molar refractivity (Wildman–Crippen MR) is 115 cm³/mol. The highest BCUT2D eigenvalue weighted by Crippen LogP contribution is 2.25. The minimum Gasteiger partial charge on any atom is -0.384 e. The van der Waals surface area contributed by atoms with E-state index in [9.17, 15) is 12.8 Å². The summed E-state index contributed by atoms with van der Waals surface area (Å²) in [5.41, 5.74) is 9.96. The molecular weight excluding hydrogens is 403 g/mol. The van der Waals surface area contributed by atoms with Crippen LogP contribution in [0.25, 0.3) is 16.9 Å². The maximum atomic E-state index is 13.0. The van der Waals surface area contributed by atoms with Crippen LogP contribution in [0.3, 0.4) is 0 Å². The average Bonchev–Trinajstić information content (AvgIpc) is 3.11. The van der Waals surface area contributed by atoms with Gasteiger partial charge in [-0.05, 0) is 55.5 Å². The quantitative estimate of drug-likeness (QED) is 0.500. The van der Waals surface area contributed by atoms with Gasteiger partial charge in [0.1, 0.15) is 11.6 Å². The van der Waals surface area contributed by atoms with Crippen LogP contribution >= 0.6 is 0 Å². The highest BCUT2D eigenvalue weighted by atomic mass is 32.2. The third-order valence-corrected chi connectivity index (χ3v) is 5.97. The molecule has 4 rings (SSSR count). The van der Waals surface area contributed by atoms with Gasteiger partial charge >= 0.3 is 0 Å². The van der Waals surface area contributed by atoms with Crippen LogP contribution in [-0.4, -0.2) is 18.2 Å². The first kappa shape index (κ1) is 19.7. The van der Waals surface area contributed by atoms with Crippen molar-refractivity contribution < 1.29 is 12.8 Å². The molecule has 3 N–H and O–H groups in total. The number of aryl methyl sites for hydroxylation is 1. The van der Waals surface area contributed by atoms with Crippen LogP contribution in [0.4, 0.5) is 15.9 Å². The Kier molecular flexibility index (Phi) is 5.01. The van der Waals surface area contributed by atoms with Crippen LogP contribution in [0.1, 0.15) is 5.56 Å². The summed E-state index contributed by atoms with van der Waals surface area (Å²) in [6.45, 7) is 2.01. The fourth-order valence-electron chi connectivity index (χ4n) is 2.97. The number of rotatable bonds is 5. The van der Waals surface area contributed by atoms with Crippen molar-refractivity contribution in [3.63, 3.8) is 0 Å². The number of nitrogens with two attached hydrogens (primary N) is 1. The summed E-state index contributed by atoms with van der Waals surface area (Å²) in [5, 5.41) is 4.56. The van der Waals surface area contributed by atoms with Gasteiger partial charge in [0, 0.05) is 17.3 Å². The lowest BCUT2D eigenvalue weighted by Gasteiger charge is -2.08. The van der Waals surface area contributed by atoms with Crippen LogP contribution in [0.5, 0.6) is 0 Å². The van der Waals surface area contributed by atoms with Crippen molar-refractivity contribution in [3.05, 3.63) is 90.2 Å². The van der Waals surface area contributed by atoms with E-state index in [1.165, 1.54) is 12.1 Å². The molecule has 1 heterocycles. The first-order valence-corrected chi connectivity index (χ1v) is 10.6. The van der Waals surface area contributed by atoms with Gasteiger partial charge in [-0.15, -0.1) is 0 Å². The molecule has 0 unspecified atom stereocenters. The zero-order chi connectivity index (χ0) is 21.3. The van der Waals surface area contributed by atoms with E-state index >= 15 is 0 Å². The monoisotopic (exact) mass is 422 g/mol. The molecule has 8 heteroatoms. The first-order valence-electron chi connectivity index (χ1n) is 9.13. The van der Waals surface area contributed by atoms with Crippen molar-refractivity contribution in [3.8, 4) is 16.9 Å². The Morgan fingerprint density at radius 3 is 2.20 bits per heavy atom. The molecule has 0 aliphatic heterocycles. The Labute approximate surface area is 173 Å². The molecule has 0 atom stereocenters. The fourth-order valence-corrected chi connectivity index (χ4v) is 4.02. The molecular formula is C22H19FN4O2S. The summed E-state index contributed by atoms with van der Waals surface area (Å²) in [7, 11) is -3.81. The first-order chi connectivity index (χ1) is 14.3. The third-order valence-electron chi connectivity index (χ3n) is 4.57. The number of hydrogen-bond acceptors (Lipinski definition) is 4. The minimum absolute atomic E-state index is 0.0161. The summed E-state index contributed by atoms with van der Waals surface area (Å²) in [6, 6.07) is 21.0. The van der Waals surface area contributed by atoms with Crippen LogP contribution in [0, 0.1) is 12.7 Å². The van der Waals surface area contributed by atoms with Crippen molar-refractivity contribution in [2.24, 2.45) is 0 Å². The standard InChI is InChI=1S/C22H19FN4O2S/c1-15-2-10-19(11-3-15)27-22(24)14-21(25-27)16-4-8-18(9-5-16)26-30(28,29)20-12-6-17(23)7-13-20/h2-14,26H,24H2,1H3. The Hall–Kier alpha value is -3.65. The Morgan fingerprint density at radius 1 is 0.933 bits per heavy atom. The molecule has 4 aromatic rings. The molecule has 0 fully saturated rings. The summed E-state index contributed by atoms with van der Waals surface area (Å²) >= 11 is 0. The Bertz CT molecular complexity index is 1280. The Morgan fingerprint density at radius 2 is 1.57 bits per heavy atom. The topological polar surface area (TPSA) is 90.0 Å². The second-order valence-corrected chi connectivity index (χ2v) is 8.52. The van der Waals surface area contributed by atoms with Crippen molar-refractivity contribution in [2.75, 3.05) is 10.5 Å². The molecule has 0 radical (unpaired) electrons. The van der Waals surface area contributed by atoms with Gasteiger partial charge in [0.25, 0.3) is 10.0 Å². The van der Waals surface area contributed by atoms with Crippen molar-refractivity contribution in [1.29, 1.82) is 0 Å². The summed E-state index contributed by atoms with van der Waals surface area (Å²) in [5.74, 6) is -0.00223. The number of benzene rings is 3. The largest absolute Gasteiger partial charge is 0.384 e. The molecule has 0 saturated carbocycles. The highest BCUT2D eigenvalue weighted by Gasteiger charge is 2.15. The lowest BCUT2D eigenvalue weighted by atomic mass is 10.1.